The quantitative estimate of drug-likeness (QED) is 0.235. The summed E-state index contributed by atoms with van der Waals surface area (Å²) >= 11 is 0. The molecule has 2 saturated heterocycles. The molecule has 158 valence electrons. The fraction of sp³-hybridized carbons (Fsp3) is 0.857. The second-order valence-electron chi connectivity index (χ2n) is 5.82. The minimum absolute atomic E-state index is 0. The first-order valence-corrected chi connectivity index (χ1v) is 7.45. The molecule has 10 atom stereocenters. The minimum Gasteiger partial charge on any atom is -0.479 e. The van der Waals surface area contributed by atoms with Crippen LogP contribution in [0.25, 0.3) is 0 Å². The van der Waals surface area contributed by atoms with Crippen molar-refractivity contribution in [2.45, 2.75) is 68.8 Å². The molecule has 13 heteroatoms. The van der Waals surface area contributed by atoms with Crippen LogP contribution in [0.3, 0.4) is 0 Å². The van der Waals surface area contributed by atoms with Crippen LogP contribution in [0, 0.1) is 0 Å². The van der Waals surface area contributed by atoms with Gasteiger partial charge < -0.3 is 54.7 Å². The summed E-state index contributed by atoms with van der Waals surface area (Å²) in [6.45, 7) is 0. The highest BCUT2D eigenvalue weighted by atomic mass is 16.7. The number of methoxy groups -OCH3 is 1. The van der Waals surface area contributed by atoms with Crippen molar-refractivity contribution in [1.29, 1.82) is 0 Å². The van der Waals surface area contributed by atoms with Crippen molar-refractivity contribution in [3.63, 3.8) is 0 Å². The highest BCUT2D eigenvalue weighted by Gasteiger charge is 2.53. The number of hydrogen-bond acceptors (Lipinski definition) is 11. The zero-order valence-corrected chi connectivity index (χ0v) is 13.4. The number of carboxylic acid groups (broad SMARTS) is 2. The number of aliphatic hydroxyl groups excluding tert-OH is 5. The highest BCUT2D eigenvalue weighted by Crippen LogP contribution is 2.29. The van der Waals surface area contributed by atoms with E-state index in [9.17, 15) is 40.2 Å². The molecule has 0 aromatic carbocycles. The molecule has 7 N–H and O–H groups in total. The van der Waals surface area contributed by atoms with Crippen LogP contribution in [0.15, 0.2) is 0 Å². The highest BCUT2D eigenvalue weighted by molar-refractivity contribution is 5.74. The van der Waals surface area contributed by atoms with Crippen LogP contribution in [0.1, 0.15) is 7.43 Å². The minimum atomic E-state index is -1.99. The number of carbonyl (C=O) groups is 2. The Labute approximate surface area is 153 Å². The van der Waals surface area contributed by atoms with Crippen LogP contribution in [-0.2, 0) is 28.5 Å². The predicted octanol–water partition coefficient (Wildman–Crippen LogP) is -3.92. The standard InChI is InChI=1S/C13H20O13.CH4/c1-23-12-6(18)4(16)7(9(26-12)11(21)22)24-13-5(17)2(14)3(15)8(25-13)10(19)20;/h2-9,12-18H,1H3,(H,19,20)(H,21,22);1H4/t2-,3-,4+,5?,6?,7-,8?,9?,12+,13+;/m0./s1. The van der Waals surface area contributed by atoms with Crippen LogP contribution in [-0.4, -0.2) is 116 Å². The molecule has 2 rings (SSSR count). The van der Waals surface area contributed by atoms with Crippen LogP contribution in [0.4, 0.5) is 0 Å². The smallest absolute Gasteiger partial charge is 0.335 e. The average molecular weight is 400 g/mol. The summed E-state index contributed by atoms with van der Waals surface area (Å²) < 4.78 is 19.7. The largest absolute Gasteiger partial charge is 0.479 e. The van der Waals surface area contributed by atoms with E-state index < -0.39 is 73.4 Å². The van der Waals surface area contributed by atoms with E-state index in [0.717, 1.165) is 7.11 Å². The van der Waals surface area contributed by atoms with Crippen molar-refractivity contribution in [2.24, 2.45) is 0 Å². The van der Waals surface area contributed by atoms with Crippen LogP contribution in [0.5, 0.6) is 0 Å². The molecular formula is C14H24O13. The summed E-state index contributed by atoms with van der Waals surface area (Å²) in [6, 6.07) is 0. The number of rotatable bonds is 5. The molecule has 2 heterocycles. The Balaban J connectivity index is 0.00000364. The maximum Gasteiger partial charge on any atom is 0.335 e. The Morgan fingerprint density at radius 1 is 0.741 bits per heavy atom. The Hall–Kier alpha value is -1.42. The third-order valence-electron chi connectivity index (χ3n) is 4.12. The van der Waals surface area contributed by atoms with E-state index >= 15 is 0 Å². The van der Waals surface area contributed by atoms with Crippen molar-refractivity contribution < 1.29 is 64.3 Å². The zero-order valence-electron chi connectivity index (χ0n) is 13.4. The molecule has 27 heavy (non-hydrogen) atoms. The first-order valence-electron chi connectivity index (χ1n) is 7.45. The molecule has 0 radical (unpaired) electrons. The Morgan fingerprint density at radius 2 is 1.22 bits per heavy atom. The van der Waals surface area contributed by atoms with E-state index in [0.29, 0.717) is 0 Å². The lowest BCUT2D eigenvalue weighted by molar-refractivity contribution is -0.348. The van der Waals surface area contributed by atoms with Gasteiger partial charge in [-0.1, -0.05) is 7.43 Å². The van der Waals surface area contributed by atoms with E-state index in [-0.39, 0.29) is 7.43 Å². The summed E-state index contributed by atoms with van der Waals surface area (Å²) in [4.78, 5) is 22.4. The number of carboxylic acids is 2. The third-order valence-corrected chi connectivity index (χ3v) is 4.12. The number of ether oxygens (including phenoxy) is 4. The monoisotopic (exact) mass is 400 g/mol. The zero-order chi connectivity index (χ0) is 19.8. The summed E-state index contributed by atoms with van der Waals surface area (Å²) in [7, 11) is 1.10. The molecule has 4 unspecified atom stereocenters. The Kier molecular flexibility index (Phi) is 8.03. The Morgan fingerprint density at radius 3 is 1.70 bits per heavy atom. The Bertz CT molecular complexity index is 527. The van der Waals surface area contributed by atoms with Gasteiger partial charge in [-0.05, 0) is 0 Å². The molecule has 0 amide bonds. The van der Waals surface area contributed by atoms with Crippen LogP contribution >= 0.6 is 0 Å². The molecule has 2 aliphatic rings. The fourth-order valence-electron chi connectivity index (χ4n) is 2.70. The molecule has 0 aliphatic carbocycles. The van der Waals surface area contributed by atoms with E-state index in [1.165, 1.54) is 0 Å². The van der Waals surface area contributed by atoms with E-state index in [1.54, 1.807) is 0 Å². The van der Waals surface area contributed by atoms with Gasteiger partial charge in [0.2, 0.25) is 0 Å². The molecule has 0 bridgehead atoms. The van der Waals surface area contributed by atoms with Gasteiger partial charge >= 0.3 is 11.9 Å². The number of hydrogen-bond donors (Lipinski definition) is 7. The van der Waals surface area contributed by atoms with Gasteiger partial charge in [0, 0.05) is 7.11 Å². The van der Waals surface area contributed by atoms with Crippen molar-refractivity contribution in [2.75, 3.05) is 7.11 Å². The molecule has 0 saturated carbocycles. The van der Waals surface area contributed by atoms with Crippen molar-refractivity contribution in [3.8, 4) is 0 Å². The van der Waals surface area contributed by atoms with Crippen molar-refractivity contribution in [3.05, 3.63) is 0 Å². The molecule has 0 aromatic heterocycles. The molecule has 2 aliphatic heterocycles. The predicted molar refractivity (Wildman–Crippen MR) is 81.2 cm³/mol. The molecule has 0 aromatic rings. The van der Waals surface area contributed by atoms with Crippen LogP contribution < -0.4 is 0 Å². The second kappa shape index (κ2) is 9.18. The normalized spacial score (nSPS) is 45.0. The second-order valence-corrected chi connectivity index (χ2v) is 5.82. The lowest BCUT2D eigenvalue weighted by atomic mass is 9.96. The van der Waals surface area contributed by atoms with Gasteiger partial charge in [0.25, 0.3) is 0 Å². The molecule has 0 spiro atoms. The maximum atomic E-state index is 11.4. The topological polar surface area (TPSA) is 213 Å². The van der Waals surface area contributed by atoms with Gasteiger partial charge in [-0.3, -0.25) is 0 Å². The maximum absolute atomic E-state index is 11.4. The first kappa shape index (κ1) is 23.6. The fourth-order valence-corrected chi connectivity index (χ4v) is 2.70. The van der Waals surface area contributed by atoms with Crippen molar-refractivity contribution >= 4 is 11.9 Å². The summed E-state index contributed by atoms with van der Waals surface area (Å²) in [5, 5.41) is 67.4. The van der Waals surface area contributed by atoms with Gasteiger partial charge in [-0.15, -0.1) is 0 Å². The van der Waals surface area contributed by atoms with Crippen LogP contribution in [0.2, 0.25) is 0 Å². The summed E-state index contributed by atoms with van der Waals surface area (Å²) in [5.74, 6) is -3.28. The van der Waals surface area contributed by atoms with Gasteiger partial charge in [-0.25, -0.2) is 9.59 Å². The number of aliphatic carboxylic acids is 2. The first-order chi connectivity index (χ1) is 12.1. The molecular weight excluding hydrogens is 376 g/mol. The average Bonchev–Trinajstić information content (AvgIpc) is 2.58. The van der Waals surface area contributed by atoms with Gasteiger partial charge in [-0.2, -0.15) is 0 Å². The summed E-state index contributed by atoms with van der Waals surface area (Å²) in [5.41, 5.74) is 0. The number of aliphatic hydroxyl groups is 5. The van der Waals surface area contributed by atoms with Crippen molar-refractivity contribution in [1.82, 2.24) is 0 Å². The molecule has 2 fully saturated rings. The third kappa shape index (κ3) is 4.53. The van der Waals surface area contributed by atoms with Gasteiger partial charge in [0.05, 0.1) is 0 Å². The SMILES string of the molecule is C.CO[C@@H]1OC(C(=O)O)[C@@H](O[C@@H]2OC(C(=O)O)[C@@H](O)[C@H](O)C2O)[C@H](O)C1O. The summed E-state index contributed by atoms with van der Waals surface area (Å²) in [6.07, 6.45) is -18.6. The van der Waals surface area contributed by atoms with E-state index in [1.807, 2.05) is 0 Å². The lowest BCUT2D eigenvalue weighted by Gasteiger charge is -2.44. The molecule has 13 nitrogen and oxygen atoms in total. The lowest BCUT2D eigenvalue weighted by Crippen LogP contribution is -2.65. The van der Waals surface area contributed by atoms with E-state index in [2.05, 4.69) is 0 Å². The van der Waals surface area contributed by atoms with E-state index in [4.69, 9.17) is 24.1 Å². The van der Waals surface area contributed by atoms with Gasteiger partial charge in [0.15, 0.2) is 24.8 Å². The van der Waals surface area contributed by atoms with Gasteiger partial charge in [0.1, 0.15) is 36.6 Å².